The average molecular weight is 463 g/mol. The van der Waals surface area contributed by atoms with Crippen LogP contribution in [0.2, 0.25) is 10.0 Å². The Labute approximate surface area is 191 Å². The number of ether oxygens (including phenoxy) is 2. The summed E-state index contributed by atoms with van der Waals surface area (Å²) >= 11 is 14.1. The second-order valence-electron chi connectivity index (χ2n) is 7.43. The van der Waals surface area contributed by atoms with E-state index in [1.807, 2.05) is 52.9 Å². The normalized spacial score (nSPS) is 21.2. The summed E-state index contributed by atoms with van der Waals surface area (Å²) in [6.45, 7) is 1.21. The van der Waals surface area contributed by atoms with Crippen LogP contribution in [-0.4, -0.2) is 33.8 Å². The van der Waals surface area contributed by atoms with Gasteiger partial charge in [0.1, 0.15) is 0 Å². The van der Waals surface area contributed by atoms with Crippen LogP contribution in [0.5, 0.6) is 0 Å². The Kier molecular flexibility index (Phi) is 7.39. The molecule has 7 heteroatoms. The van der Waals surface area contributed by atoms with Gasteiger partial charge in [-0.05, 0) is 35.7 Å². The molecule has 4 rings (SSSR count). The van der Waals surface area contributed by atoms with Gasteiger partial charge in [-0.1, -0.05) is 53.5 Å². The predicted molar refractivity (Wildman–Crippen MR) is 123 cm³/mol. The van der Waals surface area contributed by atoms with Gasteiger partial charge >= 0.3 is 0 Å². The van der Waals surface area contributed by atoms with Gasteiger partial charge in [-0.15, -0.1) is 0 Å². The number of aryl methyl sites for hydroxylation is 1. The highest BCUT2D eigenvalue weighted by Gasteiger charge is 2.41. The molecule has 0 spiro atoms. The molecule has 30 heavy (non-hydrogen) atoms. The van der Waals surface area contributed by atoms with E-state index < -0.39 is 5.79 Å². The maximum Gasteiger partial charge on any atom is 0.187 e. The first-order chi connectivity index (χ1) is 14.6. The first-order valence-electron chi connectivity index (χ1n) is 9.95. The molecule has 1 aliphatic rings. The number of imidazole rings is 1. The van der Waals surface area contributed by atoms with Crippen LogP contribution in [0.25, 0.3) is 0 Å². The molecule has 4 nitrogen and oxygen atoms in total. The lowest BCUT2D eigenvalue weighted by Crippen LogP contribution is -2.37. The summed E-state index contributed by atoms with van der Waals surface area (Å²) in [7, 11) is 0. The molecule has 2 atom stereocenters. The van der Waals surface area contributed by atoms with Gasteiger partial charge in [0.25, 0.3) is 0 Å². The standard InChI is InChI=1S/C23H24Cl2N2O2S/c24-20-7-5-18(6-8-20)9-10-23(16-27-12-11-26-17-27)28-13-21(29-23)15-30-14-19-3-1-2-4-22(19)25/h1-8,11-12,17,21H,9-10,13-16H2/t21-,23-/m0/s1. The number of aromatic nitrogens is 2. The van der Waals surface area contributed by atoms with Gasteiger partial charge in [0.2, 0.25) is 0 Å². The average Bonchev–Trinajstić information content (AvgIpc) is 3.40. The van der Waals surface area contributed by atoms with Gasteiger partial charge in [-0.2, -0.15) is 11.8 Å². The summed E-state index contributed by atoms with van der Waals surface area (Å²) in [6, 6.07) is 15.9. The molecule has 0 N–H and O–H groups in total. The lowest BCUT2D eigenvalue weighted by atomic mass is 10.0. The Morgan fingerprint density at radius 3 is 2.73 bits per heavy atom. The number of hydrogen-bond acceptors (Lipinski definition) is 4. The van der Waals surface area contributed by atoms with E-state index in [0.29, 0.717) is 13.2 Å². The molecular formula is C23H24Cl2N2O2S. The van der Waals surface area contributed by atoms with Crippen LogP contribution >= 0.6 is 35.0 Å². The lowest BCUT2D eigenvalue weighted by molar-refractivity contribution is -0.180. The molecule has 1 fully saturated rings. The third-order valence-corrected chi connectivity index (χ3v) is 6.87. The molecule has 0 amide bonds. The molecule has 158 valence electrons. The van der Waals surface area contributed by atoms with Crippen molar-refractivity contribution in [3.63, 3.8) is 0 Å². The minimum Gasteiger partial charge on any atom is -0.345 e. The summed E-state index contributed by atoms with van der Waals surface area (Å²) in [5, 5.41) is 1.56. The molecule has 2 aromatic carbocycles. The topological polar surface area (TPSA) is 36.3 Å². The number of halogens is 2. The highest BCUT2D eigenvalue weighted by atomic mass is 35.5. The predicted octanol–water partition coefficient (Wildman–Crippen LogP) is 5.87. The lowest BCUT2D eigenvalue weighted by Gasteiger charge is -2.28. The minimum atomic E-state index is -0.657. The Balaban J connectivity index is 1.36. The van der Waals surface area contributed by atoms with Crippen molar-refractivity contribution in [2.45, 2.75) is 37.0 Å². The summed E-state index contributed by atoms with van der Waals surface area (Å²) in [5.74, 6) is 1.06. The fourth-order valence-corrected chi connectivity index (χ4v) is 4.98. The molecule has 1 aromatic heterocycles. The number of benzene rings is 2. The molecule has 0 saturated carbocycles. The molecule has 0 bridgehead atoms. The van der Waals surface area contributed by atoms with Crippen molar-refractivity contribution >= 4 is 35.0 Å². The Bertz CT molecular complexity index is 937. The highest BCUT2D eigenvalue weighted by molar-refractivity contribution is 7.98. The molecular weight excluding hydrogens is 439 g/mol. The van der Waals surface area contributed by atoms with Crippen molar-refractivity contribution in [1.82, 2.24) is 9.55 Å². The third-order valence-electron chi connectivity index (χ3n) is 5.12. The number of thioether (sulfide) groups is 1. The van der Waals surface area contributed by atoms with Gasteiger partial charge in [0, 0.05) is 40.4 Å². The largest absolute Gasteiger partial charge is 0.345 e. The monoisotopic (exact) mass is 462 g/mol. The first kappa shape index (κ1) is 21.7. The smallest absolute Gasteiger partial charge is 0.187 e. The SMILES string of the molecule is Clc1ccc(CC[C@]2(Cn3ccnc3)OC[C@@H](CSCc3ccccc3Cl)O2)cc1. The molecule has 2 heterocycles. The van der Waals surface area contributed by atoms with Gasteiger partial charge in [0.15, 0.2) is 5.79 Å². The van der Waals surface area contributed by atoms with Crippen molar-refractivity contribution in [2.75, 3.05) is 12.4 Å². The summed E-state index contributed by atoms with van der Waals surface area (Å²) < 4.78 is 14.8. The zero-order chi connectivity index (χ0) is 20.8. The molecule has 0 radical (unpaired) electrons. The second-order valence-corrected chi connectivity index (χ2v) is 9.30. The van der Waals surface area contributed by atoms with Gasteiger partial charge in [-0.25, -0.2) is 4.98 Å². The van der Waals surface area contributed by atoms with Crippen LogP contribution in [0.15, 0.2) is 67.3 Å². The van der Waals surface area contributed by atoms with Crippen molar-refractivity contribution < 1.29 is 9.47 Å². The van der Waals surface area contributed by atoms with Crippen LogP contribution in [-0.2, 0) is 28.2 Å². The summed E-state index contributed by atoms with van der Waals surface area (Å²) in [4.78, 5) is 4.15. The zero-order valence-corrected chi connectivity index (χ0v) is 18.9. The van der Waals surface area contributed by atoms with Gasteiger partial charge in [-0.3, -0.25) is 0 Å². The van der Waals surface area contributed by atoms with Crippen LogP contribution < -0.4 is 0 Å². The van der Waals surface area contributed by atoms with Crippen LogP contribution in [0.1, 0.15) is 17.5 Å². The third kappa shape index (κ3) is 5.80. The van der Waals surface area contributed by atoms with E-state index in [1.165, 1.54) is 5.56 Å². The summed E-state index contributed by atoms with van der Waals surface area (Å²) in [5.41, 5.74) is 2.36. The molecule has 0 aliphatic carbocycles. The van der Waals surface area contributed by atoms with Crippen molar-refractivity contribution in [1.29, 1.82) is 0 Å². The first-order valence-corrected chi connectivity index (χ1v) is 11.9. The Morgan fingerprint density at radius 2 is 1.97 bits per heavy atom. The Hall–Kier alpha value is -1.50. The van der Waals surface area contributed by atoms with E-state index in [9.17, 15) is 0 Å². The number of nitrogens with zero attached hydrogens (tertiary/aromatic N) is 2. The summed E-state index contributed by atoms with van der Waals surface area (Å²) in [6.07, 6.45) is 7.18. The maximum atomic E-state index is 6.49. The zero-order valence-electron chi connectivity index (χ0n) is 16.5. The molecule has 1 saturated heterocycles. The molecule has 3 aromatic rings. The van der Waals surface area contributed by atoms with Gasteiger partial charge < -0.3 is 14.0 Å². The fraction of sp³-hybridized carbons (Fsp3) is 0.348. The van der Waals surface area contributed by atoms with Crippen molar-refractivity contribution in [3.05, 3.63) is 88.4 Å². The number of rotatable bonds is 9. The van der Waals surface area contributed by atoms with Crippen LogP contribution in [0.4, 0.5) is 0 Å². The second kappa shape index (κ2) is 10.2. The van der Waals surface area contributed by atoms with E-state index in [-0.39, 0.29) is 6.10 Å². The van der Waals surface area contributed by atoms with Crippen LogP contribution in [0.3, 0.4) is 0 Å². The van der Waals surface area contributed by atoms with E-state index in [1.54, 1.807) is 12.5 Å². The van der Waals surface area contributed by atoms with Crippen molar-refractivity contribution in [2.24, 2.45) is 0 Å². The molecule has 0 unspecified atom stereocenters. The van der Waals surface area contributed by atoms with E-state index in [4.69, 9.17) is 32.7 Å². The molecule has 1 aliphatic heterocycles. The van der Waals surface area contributed by atoms with Crippen LogP contribution in [0, 0.1) is 0 Å². The van der Waals surface area contributed by atoms with E-state index in [2.05, 4.69) is 23.2 Å². The fourth-order valence-electron chi connectivity index (χ4n) is 3.55. The van der Waals surface area contributed by atoms with Gasteiger partial charge in [0.05, 0.1) is 25.6 Å². The van der Waals surface area contributed by atoms with E-state index >= 15 is 0 Å². The minimum absolute atomic E-state index is 0.0474. The van der Waals surface area contributed by atoms with Crippen molar-refractivity contribution in [3.8, 4) is 0 Å². The maximum absolute atomic E-state index is 6.49. The van der Waals surface area contributed by atoms with E-state index in [0.717, 1.165) is 40.0 Å². The quantitative estimate of drug-likeness (QED) is 0.398. The number of hydrogen-bond donors (Lipinski definition) is 0. The highest BCUT2D eigenvalue weighted by Crippen LogP contribution is 2.33. The Morgan fingerprint density at radius 1 is 1.13 bits per heavy atom.